The van der Waals surface area contributed by atoms with Gasteiger partial charge in [0, 0.05) is 29.1 Å². The molecule has 0 aliphatic heterocycles. The van der Waals surface area contributed by atoms with E-state index in [1.807, 2.05) is 30.3 Å². The van der Waals surface area contributed by atoms with Crippen LogP contribution in [0.2, 0.25) is 10.0 Å². The van der Waals surface area contributed by atoms with Crippen molar-refractivity contribution in [2.45, 2.75) is 37.2 Å². The molecule has 0 unspecified atom stereocenters. The number of sulfonamides is 1. The SMILES string of the molecule is C[C@H](NS(=O)(=O)c1ccc(CCC(=O)NCc2ccc(Cl)cc2Cl)cc1)c1ccccc1. The highest BCUT2D eigenvalue weighted by atomic mass is 35.5. The molecule has 3 aromatic carbocycles. The van der Waals surface area contributed by atoms with Gasteiger partial charge in [-0.3, -0.25) is 4.79 Å². The lowest BCUT2D eigenvalue weighted by Crippen LogP contribution is -2.26. The van der Waals surface area contributed by atoms with Crippen molar-refractivity contribution in [1.29, 1.82) is 0 Å². The van der Waals surface area contributed by atoms with Crippen LogP contribution in [-0.2, 0) is 27.8 Å². The molecule has 0 fully saturated rings. The minimum Gasteiger partial charge on any atom is -0.352 e. The fourth-order valence-corrected chi connectivity index (χ4v) is 4.86. The van der Waals surface area contributed by atoms with Crippen LogP contribution in [0.5, 0.6) is 0 Å². The maximum absolute atomic E-state index is 12.7. The van der Waals surface area contributed by atoms with Crippen LogP contribution < -0.4 is 10.0 Å². The van der Waals surface area contributed by atoms with Crippen molar-refractivity contribution in [1.82, 2.24) is 10.0 Å². The summed E-state index contributed by atoms with van der Waals surface area (Å²) in [7, 11) is -3.65. The van der Waals surface area contributed by atoms with Crippen molar-refractivity contribution in [3.63, 3.8) is 0 Å². The number of aryl methyl sites for hydroxylation is 1. The standard InChI is InChI=1S/C24H24Cl2N2O3S/c1-17(19-5-3-2-4-6-19)28-32(30,31)22-12-7-18(8-13-22)9-14-24(29)27-16-20-10-11-21(25)15-23(20)26/h2-8,10-13,15,17,28H,9,14,16H2,1H3,(H,27,29)/t17-/m0/s1. The van der Waals surface area contributed by atoms with E-state index in [2.05, 4.69) is 10.0 Å². The number of carbonyl (C=O) groups excluding carboxylic acids is 1. The number of hydrogen-bond donors (Lipinski definition) is 2. The van der Waals surface area contributed by atoms with Gasteiger partial charge in [0.25, 0.3) is 0 Å². The van der Waals surface area contributed by atoms with E-state index in [0.717, 1.165) is 16.7 Å². The summed E-state index contributed by atoms with van der Waals surface area (Å²) in [5, 5.41) is 3.88. The summed E-state index contributed by atoms with van der Waals surface area (Å²) < 4.78 is 28.0. The van der Waals surface area contributed by atoms with Crippen LogP contribution in [0.3, 0.4) is 0 Å². The van der Waals surface area contributed by atoms with Crippen molar-refractivity contribution in [3.8, 4) is 0 Å². The second-order valence-electron chi connectivity index (χ2n) is 7.41. The summed E-state index contributed by atoms with van der Waals surface area (Å²) in [5.74, 6) is -0.119. The molecule has 5 nitrogen and oxygen atoms in total. The topological polar surface area (TPSA) is 75.3 Å². The quantitative estimate of drug-likeness (QED) is 0.428. The van der Waals surface area contributed by atoms with Gasteiger partial charge in [-0.2, -0.15) is 0 Å². The third-order valence-electron chi connectivity index (χ3n) is 5.00. The third-order valence-corrected chi connectivity index (χ3v) is 7.14. The van der Waals surface area contributed by atoms with E-state index in [9.17, 15) is 13.2 Å². The number of rotatable bonds is 9. The average molecular weight is 491 g/mol. The third kappa shape index (κ3) is 6.81. The first-order valence-electron chi connectivity index (χ1n) is 10.1. The molecule has 0 saturated carbocycles. The molecule has 0 radical (unpaired) electrons. The van der Waals surface area contributed by atoms with E-state index >= 15 is 0 Å². The fraction of sp³-hybridized carbons (Fsp3) is 0.208. The van der Waals surface area contributed by atoms with E-state index in [1.165, 1.54) is 0 Å². The highest BCUT2D eigenvalue weighted by Gasteiger charge is 2.18. The van der Waals surface area contributed by atoms with E-state index < -0.39 is 10.0 Å². The zero-order valence-electron chi connectivity index (χ0n) is 17.5. The van der Waals surface area contributed by atoms with Crippen molar-refractivity contribution in [3.05, 3.63) is 99.5 Å². The Bertz CT molecular complexity index is 1170. The Morgan fingerprint density at radius 3 is 2.31 bits per heavy atom. The second kappa shape index (κ2) is 11.0. The zero-order valence-corrected chi connectivity index (χ0v) is 19.8. The van der Waals surface area contributed by atoms with Gasteiger partial charge in [-0.15, -0.1) is 0 Å². The lowest BCUT2D eigenvalue weighted by molar-refractivity contribution is -0.121. The van der Waals surface area contributed by atoms with Crippen LogP contribution in [0, 0.1) is 0 Å². The van der Waals surface area contributed by atoms with Crippen LogP contribution >= 0.6 is 23.2 Å². The molecule has 3 rings (SSSR count). The molecule has 1 amide bonds. The second-order valence-corrected chi connectivity index (χ2v) is 9.97. The predicted molar refractivity (Wildman–Crippen MR) is 128 cm³/mol. The maximum Gasteiger partial charge on any atom is 0.241 e. The van der Waals surface area contributed by atoms with Gasteiger partial charge in [-0.05, 0) is 54.3 Å². The Labute approximate surface area is 198 Å². The Balaban J connectivity index is 1.52. The molecule has 1 atom stereocenters. The van der Waals surface area contributed by atoms with Crippen LogP contribution in [0.4, 0.5) is 0 Å². The van der Waals surface area contributed by atoms with E-state index in [1.54, 1.807) is 49.4 Å². The zero-order chi connectivity index (χ0) is 23.1. The van der Waals surface area contributed by atoms with Crippen molar-refractivity contribution in [2.24, 2.45) is 0 Å². The fourth-order valence-electron chi connectivity index (χ4n) is 3.15. The summed E-state index contributed by atoms with van der Waals surface area (Å²) in [6, 6.07) is 20.7. The number of benzene rings is 3. The number of amides is 1. The minimum absolute atomic E-state index is 0.119. The first-order valence-corrected chi connectivity index (χ1v) is 12.4. The van der Waals surface area contributed by atoms with E-state index in [4.69, 9.17) is 23.2 Å². The predicted octanol–water partition coefficient (Wildman–Crippen LogP) is 5.28. The molecular formula is C24H24Cl2N2O3S. The summed E-state index contributed by atoms with van der Waals surface area (Å²) in [4.78, 5) is 12.3. The molecule has 0 heterocycles. The van der Waals surface area contributed by atoms with Gasteiger partial charge in [0.15, 0.2) is 0 Å². The molecule has 0 aliphatic carbocycles. The van der Waals surface area contributed by atoms with Crippen LogP contribution in [0.1, 0.15) is 36.1 Å². The summed E-state index contributed by atoms with van der Waals surface area (Å²) in [6.45, 7) is 2.12. The summed E-state index contributed by atoms with van der Waals surface area (Å²) in [6.07, 6.45) is 0.773. The molecule has 0 aromatic heterocycles. The molecule has 8 heteroatoms. The van der Waals surface area contributed by atoms with Crippen molar-refractivity contribution in [2.75, 3.05) is 0 Å². The largest absolute Gasteiger partial charge is 0.352 e. The minimum atomic E-state index is -3.65. The monoisotopic (exact) mass is 490 g/mol. The number of carbonyl (C=O) groups is 1. The Morgan fingerprint density at radius 2 is 1.66 bits per heavy atom. The lowest BCUT2D eigenvalue weighted by atomic mass is 10.1. The van der Waals surface area contributed by atoms with Gasteiger partial charge < -0.3 is 5.32 Å². The number of nitrogens with one attached hydrogen (secondary N) is 2. The summed E-state index contributed by atoms with van der Waals surface area (Å²) >= 11 is 12.0. The van der Waals surface area contributed by atoms with E-state index in [-0.39, 0.29) is 23.3 Å². The number of halogens is 2. The molecule has 0 aliphatic rings. The molecular weight excluding hydrogens is 467 g/mol. The lowest BCUT2D eigenvalue weighted by Gasteiger charge is -2.15. The van der Waals surface area contributed by atoms with Crippen LogP contribution in [0.25, 0.3) is 0 Å². The molecule has 168 valence electrons. The van der Waals surface area contributed by atoms with E-state index in [0.29, 0.717) is 23.0 Å². The summed E-state index contributed by atoms with van der Waals surface area (Å²) in [5.41, 5.74) is 2.55. The average Bonchev–Trinajstić information content (AvgIpc) is 2.77. The normalized spacial score (nSPS) is 12.3. The molecule has 0 saturated heterocycles. The van der Waals surface area contributed by atoms with Crippen LogP contribution in [-0.4, -0.2) is 14.3 Å². The molecule has 3 aromatic rings. The first-order chi connectivity index (χ1) is 15.2. The first kappa shape index (κ1) is 24.3. The molecule has 0 spiro atoms. The van der Waals surface area contributed by atoms with Crippen molar-refractivity contribution < 1.29 is 13.2 Å². The molecule has 32 heavy (non-hydrogen) atoms. The van der Waals surface area contributed by atoms with Crippen LogP contribution in [0.15, 0.2) is 77.7 Å². The molecule has 0 bridgehead atoms. The van der Waals surface area contributed by atoms with Gasteiger partial charge in [0.05, 0.1) is 4.90 Å². The Kier molecular flexibility index (Phi) is 8.32. The molecule has 2 N–H and O–H groups in total. The highest BCUT2D eigenvalue weighted by molar-refractivity contribution is 7.89. The van der Waals surface area contributed by atoms with Gasteiger partial charge in [-0.1, -0.05) is 71.7 Å². The van der Waals surface area contributed by atoms with Gasteiger partial charge in [0.2, 0.25) is 15.9 Å². The smallest absolute Gasteiger partial charge is 0.241 e. The van der Waals surface area contributed by atoms with Crippen molar-refractivity contribution >= 4 is 39.1 Å². The highest BCUT2D eigenvalue weighted by Crippen LogP contribution is 2.21. The van der Waals surface area contributed by atoms with Gasteiger partial charge >= 0.3 is 0 Å². The van der Waals surface area contributed by atoms with Gasteiger partial charge in [-0.25, -0.2) is 13.1 Å². The number of hydrogen-bond acceptors (Lipinski definition) is 3. The Morgan fingerprint density at radius 1 is 0.969 bits per heavy atom. The van der Waals surface area contributed by atoms with Gasteiger partial charge in [0.1, 0.15) is 0 Å². The maximum atomic E-state index is 12.7. The Hall–Kier alpha value is -2.38.